The summed E-state index contributed by atoms with van der Waals surface area (Å²) in [4.78, 5) is 11.9. The predicted molar refractivity (Wildman–Crippen MR) is 68.9 cm³/mol. The van der Waals surface area contributed by atoms with Crippen molar-refractivity contribution in [2.75, 3.05) is 6.61 Å². The van der Waals surface area contributed by atoms with Crippen LogP contribution < -0.4 is 10.6 Å². The van der Waals surface area contributed by atoms with Gasteiger partial charge in [-0.2, -0.15) is 0 Å². The molecular weight excluding hydrogens is 216 g/mol. The van der Waals surface area contributed by atoms with Crippen molar-refractivity contribution in [3.8, 4) is 0 Å². The highest BCUT2D eigenvalue weighted by atomic mass is 16.3. The maximum absolute atomic E-state index is 11.9. The fourth-order valence-corrected chi connectivity index (χ4v) is 2.57. The molecule has 0 aliphatic heterocycles. The summed E-state index contributed by atoms with van der Waals surface area (Å²) < 4.78 is 0. The van der Waals surface area contributed by atoms with Crippen LogP contribution in [0.5, 0.6) is 0 Å². The minimum Gasteiger partial charge on any atom is -0.394 e. The fraction of sp³-hybridized carbons (Fsp3) is 0.923. The molecule has 0 radical (unpaired) electrons. The SMILES string of the molecule is CCCC(C)(CO)NC(=O)NC1CCCC1C. The van der Waals surface area contributed by atoms with E-state index in [1.54, 1.807) is 0 Å². The number of hydrogen-bond donors (Lipinski definition) is 3. The average Bonchev–Trinajstić information content (AvgIpc) is 2.64. The van der Waals surface area contributed by atoms with Crippen LogP contribution >= 0.6 is 0 Å². The van der Waals surface area contributed by atoms with E-state index >= 15 is 0 Å². The Bertz CT molecular complexity index is 258. The molecule has 1 aliphatic carbocycles. The lowest BCUT2D eigenvalue weighted by molar-refractivity contribution is 0.161. The van der Waals surface area contributed by atoms with Crippen molar-refractivity contribution in [3.63, 3.8) is 0 Å². The first kappa shape index (κ1) is 14.3. The van der Waals surface area contributed by atoms with Crippen LogP contribution in [0.1, 0.15) is 52.9 Å². The normalized spacial score (nSPS) is 27.5. The molecule has 100 valence electrons. The van der Waals surface area contributed by atoms with E-state index in [9.17, 15) is 9.90 Å². The number of aliphatic hydroxyl groups is 1. The lowest BCUT2D eigenvalue weighted by Gasteiger charge is -2.29. The molecular formula is C13H26N2O2. The van der Waals surface area contributed by atoms with Crippen LogP contribution in [0, 0.1) is 5.92 Å². The number of carbonyl (C=O) groups is 1. The molecule has 0 saturated heterocycles. The highest BCUT2D eigenvalue weighted by Gasteiger charge is 2.28. The summed E-state index contributed by atoms with van der Waals surface area (Å²) in [5.74, 6) is 0.562. The fourth-order valence-electron chi connectivity index (χ4n) is 2.57. The molecule has 0 bridgehead atoms. The number of carbonyl (C=O) groups excluding carboxylic acids is 1. The van der Waals surface area contributed by atoms with Gasteiger partial charge in [0.25, 0.3) is 0 Å². The van der Waals surface area contributed by atoms with Gasteiger partial charge in [-0.25, -0.2) is 4.79 Å². The van der Waals surface area contributed by atoms with Crippen LogP contribution in [0.2, 0.25) is 0 Å². The third-order valence-electron chi connectivity index (χ3n) is 3.74. The third kappa shape index (κ3) is 4.19. The van der Waals surface area contributed by atoms with Gasteiger partial charge < -0.3 is 15.7 Å². The second-order valence-electron chi connectivity index (χ2n) is 5.58. The Kier molecular flexibility index (Phi) is 5.25. The summed E-state index contributed by atoms with van der Waals surface area (Å²) >= 11 is 0. The predicted octanol–water partition coefficient (Wildman–Crippen LogP) is 2.03. The van der Waals surface area contributed by atoms with Crippen molar-refractivity contribution < 1.29 is 9.90 Å². The first-order valence-electron chi connectivity index (χ1n) is 6.70. The summed E-state index contributed by atoms with van der Waals surface area (Å²) in [5.41, 5.74) is -0.499. The number of aliphatic hydroxyl groups excluding tert-OH is 1. The van der Waals surface area contributed by atoms with E-state index in [0.717, 1.165) is 19.3 Å². The Morgan fingerprint density at radius 1 is 1.47 bits per heavy atom. The number of urea groups is 1. The molecule has 3 N–H and O–H groups in total. The van der Waals surface area contributed by atoms with E-state index < -0.39 is 5.54 Å². The zero-order chi connectivity index (χ0) is 12.9. The van der Waals surface area contributed by atoms with Crippen molar-refractivity contribution in [2.45, 2.75) is 64.5 Å². The average molecular weight is 242 g/mol. The van der Waals surface area contributed by atoms with E-state index in [2.05, 4.69) is 17.6 Å². The van der Waals surface area contributed by atoms with E-state index in [1.807, 2.05) is 13.8 Å². The molecule has 2 amide bonds. The van der Waals surface area contributed by atoms with Gasteiger partial charge >= 0.3 is 6.03 Å². The quantitative estimate of drug-likeness (QED) is 0.690. The molecule has 0 spiro atoms. The monoisotopic (exact) mass is 242 g/mol. The van der Waals surface area contributed by atoms with Gasteiger partial charge in [-0.3, -0.25) is 0 Å². The molecule has 1 fully saturated rings. The van der Waals surface area contributed by atoms with E-state index in [1.165, 1.54) is 12.8 Å². The van der Waals surface area contributed by atoms with Crippen molar-refractivity contribution >= 4 is 6.03 Å². The molecule has 3 unspecified atom stereocenters. The molecule has 1 aliphatic rings. The molecule has 4 nitrogen and oxygen atoms in total. The van der Waals surface area contributed by atoms with Crippen molar-refractivity contribution in [1.29, 1.82) is 0 Å². The number of nitrogens with one attached hydrogen (secondary N) is 2. The molecule has 1 saturated carbocycles. The van der Waals surface area contributed by atoms with Crippen LogP contribution in [0.15, 0.2) is 0 Å². The molecule has 1 rings (SSSR count). The van der Waals surface area contributed by atoms with E-state index in [4.69, 9.17) is 0 Å². The van der Waals surface area contributed by atoms with E-state index in [-0.39, 0.29) is 12.6 Å². The van der Waals surface area contributed by atoms with Crippen LogP contribution in [0.4, 0.5) is 4.79 Å². The highest BCUT2D eigenvalue weighted by molar-refractivity contribution is 5.75. The van der Waals surface area contributed by atoms with Crippen LogP contribution in [0.25, 0.3) is 0 Å². The largest absolute Gasteiger partial charge is 0.394 e. The first-order valence-corrected chi connectivity index (χ1v) is 6.70. The lowest BCUT2D eigenvalue weighted by Crippen LogP contribution is -2.54. The maximum Gasteiger partial charge on any atom is 0.315 e. The summed E-state index contributed by atoms with van der Waals surface area (Å²) in [6.45, 7) is 6.09. The lowest BCUT2D eigenvalue weighted by atomic mass is 9.97. The Morgan fingerprint density at radius 3 is 2.65 bits per heavy atom. The van der Waals surface area contributed by atoms with Gasteiger partial charge in [0.05, 0.1) is 12.1 Å². The summed E-state index contributed by atoms with van der Waals surface area (Å²) in [7, 11) is 0. The molecule has 0 aromatic rings. The third-order valence-corrected chi connectivity index (χ3v) is 3.74. The number of rotatable bonds is 5. The van der Waals surface area contributed by atoms with Crippen molar-refractivity contribution in [2.24, 2.45) is 5.92 Å². The standard InChI is InChI=1S/C13H26N2O2/c1-4-8-13(3,9-16)15-12(17)14-11-7-5-6-10(11)2/h10-11,16H,4-9H2,1-3H3,(H2,14,15,17). The Hall–Kier alpha value is -0.770. The zero-order valence-electron chi connectivity index (χ0n) is 11.3. The van der Waals surface area contributed by atoms with Crippen molar-refractivity contribution in [1.82, 2.24) is 10.6 Å². The second kappa shape index (κ2) is 6.24. The Labute approximate surface area is 104 Å². The smallest absolute Gasteiger partial charge is 0.315 e. The molecule has 4 heteroatoms. The van der Waals surface area contributed by atoms with Gasteiger partial charge in [0, 0.05) is 6.04 Å². The molecule has 0 aromatic carbocycles. The summed E-state index contributed by atoms with van der Waals surface area (Å²) in [6.07, 6.45) is 5.18. The Balaban J connectivity index is 2.42. The second-order valence-corrected chi connectivity index (χ2v) is 5.58. The minimum atomic E-state index is -0.499. The van der Waals surface area contributed by atoms with Gasteiger partial charge in [0.1, 0.15) is 0 Å². The van der Waals surface area contributed by atoms with Crippen molar-refractivity contribution in [3.05, 3.63) is 0 Å². The van der Waals surface area contributed by atoms with Gasteiger partial charge in [0.15, 0.2) is 0 Å². The van der Waals surface area contributed by atoms with Gasteiger partial charge in [0.2, 0.25) is 0 Å². The van der Waals surface area contributed by atoms with Crippen LogP contribution in [0.3, 0.4) is 0 Å². The molecule has 17 heavy (non-hydrogen) atoms. The summed E-state index contributed by atoms with van der Waals surface area (Å²) in [5, 5.41) is 15.2. The first-order chi connectivity index (χ1) is 8.00. The maximum atomic E-state index is 11.9. The molecule has 0 heterocycles. The number of amides is 2. The van der Waals surface area contributed by atoms with Crippen LogP contribution in [-0.2, 0) is 0 Å². The van der Waals surface area contributed by atoms with E-state index in [0.29, 0.717) is 12.0 Å². The minimum absolute atomic E-state index is 0.0194. The van der Waals surface area contributed by atoms with Crippen LogP contribution in [-0.4, -0.2) is 29.3 Å². The molecule has 0 aromatic heterocycles. The number of hydrogen-bond acceptors (Lipinski definition) is 2. The van der Waals surface area contributed by atoms with Gasteiger partial charge in [-0.1, -0.05) is 26.7 Å². The highest BCUT2D eigenvalue weighted by Crippen LogP contribution is 2.24. The topological polar surface area (TPSA) is 61.4 Å². The zero-order valence-corrected chi connectivity index (χ0v) is 11.3. The summed E-state index contributed by atoms with van der Waals surface area (Å²) in [6, 6.07) is 0.147. The Morgan fingerprint density at radius 2 is 2.18 bits per heavy atom. The molecule has 3 atom stereocenters. The van der Waals surface area contributed by atoms with Gasteiger partial charge in [-0.05, 0) is 32.1 Å². The van der Waals surface area contributed by atoms with Gasteiger partial charge in [-0.15, -0.1) is 0 Å².